The van der Waals surface area contributed by atoms with Gasteiger partial charge in [0.25, 0.3) is 0 Å². The quantitative estimate of drug-likeness (QED) is 0.712. The molecule has 0 fully saturated rings. The average Bonchev–Trinajstić information content (AvgIpc) is 2.39. The number of nitrogens with one attached hydrogen (secondary N) is 3. The van der Waals surface area contributed by atoms with Crippen LogP contribution in [0.1, 0.15) is 6.92 Å². The van der Waals surface area contributed by atoms with E-state index in [9.17, 15) is 14.0 Å². The van der Waals surface area contributed by atoms with E-state index in [0.29, 0.717) is 12.2 Å². The van der Waals surface area contributed by atoms with E-state index in [2.05, 4.69) is 16.0 Å². The zero-order valence-electron chi connectivity index (χ0n) is 11.0. The van der Waals surface area contributed by atoms with Gasteiger partial charge in [0.1, 0.15) is 5.82 Å². The molecule has 1 rings (SSSR count). The van der Waals surface area contributed by atoms with Crippen LogP contribution >= 0.6 is 0 Å². The maximum Gasteiger partial charge on any atom is 0.243 e. The van der Waals surface area contributed by atoms with Crippen molar-refractivity contribution < 1.29 is 14.0 Å². The van der Waals surface area contributed by atoms with Gasteiger partial charge in [-0.2, -0.15) is 0 Å². The zero-order valence-corrected chi connectivity index (χ0v) is 11.0. The normalized spacial score (nSPS) is 11.7. The fourth-order valence-electron chi connectivity index (χ4n) is 1.48. The molecule has 1 atom stereocenters. The molecule has 1 aromatic carbocycles. The highest BCUT2D eigenvalue weighted by Gasteiger charge is 2.12. The van der Waals surface area contributed by atoms with E-state index in [0.717, 1.165) is 0 Å². The van der Waals surface area contributed by atoms with Crippen LogP contribution in [0.2, 0.25) is 0 Å². The largest absolute Gasteiger partial charge is 0.347 e. The van der Waals surface area contributed by atoms with Crippen LogP contribution in [0.3, 0.4) is 0 Å². The molecule has 0 aliphatic rings. The summed E-state index contributed by atoms with van der Waals surface area (Å²) in [5, 5.41) is 7.98. The van der Waals surface area contributed by atoms with Crippen LogP contribution in [0.4, 0.5) is 10.1 Å². The van der Waals surface area contributed by atoms with E-state index in [1.807, 2.05) is 0 Å². The maximum absolute atomic E-state index is 12.7. The lowest BCUT2D eigenvalue weighted by molar-refractivity contribution is -0.126. The number of anilines is 1. The third-order valence-electron chi connectivity index (χ3n) is 2.51. The van der Waals surface area contributed by atoms with E-state index >= 15 is 0 Å². The number of hydrogen-bond acceptors (Lipinski definition) is 3. The first-order chi connectivity index (χ1) is 9.02. The van der Waals surface area contributed by atoms with Gasteiger partial charge in [0.05, 0.1) is 6.54 Å². The molecule has 19 heavy (non-hydrogen) atoms. The third-order valence-corrected chi connectivity index (χ3v) is 2.51. The molecule has 0 bridgehead atoms. The van der Waals surface area contributed by atoms with Crippen molar-refractivity contribution in [3.05, 3.63) is 30.1 Å². The number of halogens is 1. The van der Waals surface area contributed by atoms with Crippen LogP contribution in [0.15, 0.2) is 24.3 Å². The minimum absolute atomic E-state index is 0.107. The fourth-order valence-corrected chi connectivity index (χ4v) is 1.48. The summed E-state index contributed by atoms with van der Waals surface area (Å²) in [6.07, 6.45) is 0. The Labute approximate surface area is 111 Å². The summed E-state index contributed by atoms with van der Waals surface area (Å²) < 4.78 is 12.7. The van der Waals surface area contributed by atoms with Gasteiger partial charge in [-0.25, -0.2) is 4.39 Å². The second-order valence-electron chi connectivity index (χ2n) is 4.23. The Morgan fingerprint density at radius 1 is 1.26 bits per heavy atom. The molecule has 0 spiro atoms. The molecular formula is C13H18FN3O2. The smallest absolute Gasteiger partial charge is 0.243 e. The molecule has 0 saturated heterocycles. The Morgan fingerprint density at radius 3 is 2.47 bits per heavy atom. The van der Waals surface area contributed by atoms with Crippen molar-refractivity contribution in [3.8, 4) is 0 Å². The molecule has 0 aliphatic carbocycles. The van der Waals surface area contributed by atoms with Gasteiger partial charge in [-0.15, -0.1) is 0 Å². The first-order valence-electron chi connectivity index (χ1n) is 6.00. The molecule has 104 valence electrons. The Morgan fingerprint density at radius 2 is 1.89 bits per heavy atom. The van der Waals surface area contributed by atoms with Crippen LogP contribution in [-0.4, -0.2) is 32.0 Å². The molecule has 0 aromatic heterocycles. The van der Waals surface area contributed by atoms with Crippen LogP contribution in [-0.2, 0) is 9.59 Å². The average molecular weight is 267 g/mol. The summed E-state index contributed by atoms with van der Waals surface area (Å²) in [7, 11) is 1.75. The zero-order chi connectivity index (χ0) is 14.3. The number of carbonyl (C=O) groups excluding carboxylic acids is 2. The lowest BCUT2D eigenvalue weighted by atomic mass is 10.1. The van der Waals surface area contributed by atoms with Crippen LogP contribution in [0.5, 0.6) is 0 Å². The molecule has 0 aliphatic heterocycles. The van der Waals surface area contributed by atoms with Crippen molar-refractivity contribution in [2.45, 2.75) is 6.92 Å². The third kappa shape index (κ3) is 5.48. The summed E-state index contributed by atoms with van der Waals surface area (Å²) in [6.45, 7) is 2.21. The summed E-state index contributed by atoms with van der Waals surface area (Å²) in [4.78, 5) is 23.1. The lowest BCUT2D eigenvalue weighted by Gasteiger charge is -2.11. The molecule has 0 radical (unpaired) electrons. The molecule has 0 saturated carbocycles. The molecule has 1 unspecified atom stereocenters. The Hall–Kier alpha value is -1.95. The Kier molecular flexibility index (Phi) is 5.95. The van der Waals surface area contributed by atoms with E-state index in [1.54, 1.807) is 14.0 Å². The maximum atomic E-state index is 12.7. The molecule has 0 heterocycles. The van der Waals surface area contributed by atoms with Crippen molar-refractivity contribution in [2.24, 2.45) is 5.92 Å². The van der Waals surface area contributed by atoms with Gasteiger partial charge in [-0.05, 0) is 31.3 Å². The molecule has 6 heteroatoms. The van der Waals surface area contributed by atoms with E-state index in [1.165, 1.54) is 24.3 Å². The predicted molar refractivity (Wildman–Crippen MR) is 71.1 cm³/mol. The highest BCUT2D eigenvalue weighted by Crippen LogP contribution is 2.07. The predicted octanol–water partition coefficient (Wildman–Crippen LogP) is 0.736. The summed E-state index contributed by atoms with van der Waals surface area (Å²) in [6, 6.07) is 5.42. The van der Waals surface area contributed by atoms with Gasteiger partial charge >= 0.3 is 0 Å². The topological polar surface area (TPSA) is 70.2 Å². The Balaban J connectivity index is 2.35. The molecule has 5 nitrogen and oxygen atoms in total. The lowest BCUT2D eigenvalue weighted by Crippen LogP contribution is -2.38. The van der Waals surface area contributed by atoms with Crippen molar-refractivity contribution in [2.75, 3.05) is 25.5 Å². The van der Waals surface area contributed by atoms with Crippen molar-refractivity contribution in [3.63, 3.8) is 0 Å². The van der Waals surface area contributed by atoms with Crippen LogP contribution < -0.4 is 16.0 Å². The number of rotatable bonds is 6. The highest BCUT2D eigenvalue weighted by atomic mass is 19.1. The summed E-state index contributed by atoms with van der Waals surface area (Å²) >= 11 is 0. The number of hydrogen-bond donors (Lipinski definition) is 3. The summed E-state index contributed by atoms with van der Waals surface area (Å²) in [5.41, 5.74) is 0.490. The second-order valence-corrected chi connectivity index (χ2v) is 4.23. The van der Waals surface area contributed by atoms with Crippen molar-refractivity contribution >= 4 is 17.5 Å². The number of benzene rings is 1. The van der Waals surface area contributed by atoms with Gasteiger partial charge < -0.3 is 16.0 Å². The molecule has 3 N–H and O–H groups in total. The summed E-state index contributed by atoms with van der Waals surface area (Å²) in [5.74, 6) is -1.11. The molecular weight excluding hydrogens is 249 g/mol. The minimum Gasteiger partial charge on any atom is -0.347 e. The second kappa shape index (κ2) is 7.48. The number of carbonyl (C=O) groups is 2. The standard InChI is InChI=1S/C13H18FN3O2/c1-9(7-15-2)13(19)16-8-12(18)17-11-5-3-10(14)4-6-11/h3-6,9,15H,7-8H2,1-2H3,(H,16,19)(H,17,18). The fraction of sp³-hybridized carbons (Fsp3) is 0.385. The van der Waals surface area contributed by atoms with Crippen LogP contribution in [0, 0.1) is 11.7 Å². The molecule has 2 amide bonds. The first kappa shape index (κ1) is 15.1. The SMILES string of the molecule is CNCC(C)C(=O)NCC(=O)Nc1ccc(F)cc1. The molecule has 1 aromatic rings. The van der Waals surface area contributed by atoms with E-state index < -0.39 is 0 Å². The van der Waals surface area contributed by atoms with Gasteiger partial charge in [-0.3, -0.25) is 9.59 Å². The van der Waals surface area contributed by atoms with Gasteiger partial charge in [-0.1, -0.05) is 6.92 Å². The first-order valence-corrected chi connectivity index (χ1v) is 6.00. The monoisotopic (exact) mass is 267 g/mol. The highest BCUT2D eigenvalue weighted by molar-refractivity contribution is 5.94. The van der Waals surface area contributed by atoms with Crippen LogP contribution in [0.25, 0.3) is 0 Å². The number of amides is 2. The minimum atomic E-state index is -0.368. The van der Waals surface area contributed by atoms with Gasteiger partial charge in [0.2, 0.25) is 11.8 Å². The van der Waals surface area contributed by atoms with Gasteiger partial charge in [0.15, 0.2) is 0 Å². The van der Waals surface area contributed by atoms with Crippen molar-refractivity contribution in [1.82, 2.24) is 10.6 Å². The van der Waals surface area contributed by atoms with E-state index in [-0.39, 0.29) is 30.1 Å². The van der Waals surface area contributed by atoms with Crippen molar-refractivity contribution in [1.29, 1.82) is 0 Å². The van der Waals surface area contributed by atoms with E-state index in [4.69, 9.17) is 0 Å². The van der Waals surface area contributed by atoms with Gasteiger partial charge in [0, 0.05) is 18.2 Å². The Bertz CT molecular complexity index is 434.